The minimum Gasteiger partial charge on any atom is -0.178 e. The van der Waals surface area contributed by atoms with Gasteiger partial charge >= 0.3 is 0 Å². The van der Waals surface area contributed by atoms with Crippen LogP contribution in [0, 0.1) is 0 Å². The highest BCUT2D eigenvalue weighted by atomic mass is 35.5. The van der Waals surface area contributed by atoms with E-state index in [1.54, 1.807) is 11.8 Å². The van der Waals surface area contributed by atoms with Crippen molar-refractivity contribution in [3.05, 3.63) is 28.2 Å². The van der Waals surface area contributed by atoms with E-state index in [0.717, 1.165) is 16.4 Å². The van der Waals surface area contributed by atoms with Crippen molar-refractivity contribution in [2.45, 2.75) is 4.90 Å². The van der Waals surface area contributed by atoms with Crippen LogP contribution in [0.15, 0.2) is 23.1 Å². The average molecular weight is 239 g/mol. The normalized spacial score (nSPS) is 10.2. The molecule has 66 valence electrons. The molecular weight excluding hydrogens is 231 g/mol. The molecule has 0 unspecified atom stereocenters. The zero-order valence-corrected chi connectivity index (χ0v) is 9.48. The topological polar surface area (TPSA) is 0 Å². The van der Waals surface area contributed by atoms with Gasteiger partial charge in [-0.1, -0.05) is 23.2 Å². The van der Waals surface area contributed by atoms with Crippen LogP contribution in [0.5, 0.6) is 0 Å². The van der Waals surface area contributed by atoms with E-state index in [-0.39, 0.29) is 0 Å². The molecule has 0 saturated carbocycles. The van der Waals surface area contributed by atoms with E-state index in [1.807, 2.05) is 18.2 Å². The van der Waals surface area contributed by atoms with Gasteiger partial charge in [0.1, 0.15) is 0 Å². The Balaban J connectivity index is 2.69. The van der Waals surface area contributed by atoms with Gasteiger partial charge in [0.15, 0.2) is 0 Å². The van der Waals surface area contributed by atoms with Crippen LogP contribution in [-0.4, -0.2) is 11.5 Å². The van der Waals surface area contributed by atoms with E-state index in [4.69, 9.17) is 23.2 Å². The second kappa shape index (κ2) is 5.28. The van der Waals surface area contributed by atoms with Gasteiger partial charge in [0.05, 0.1) is 10.0 Å². The Bertz CT molecular complexity index is 263. The van der Waals surface area contributed by atoms with Gasteiger partial charge < -0.3 is 0 Å². The van der Waals surface area contributed by atoms with Crippen molar-refractivity contribution in [1.29, 1.82) is 0 Å². The van der Waals surface area contributed by atoms with Crippen molar-refractivity contribution < 1.29 is 0 Å². The number of rotatable bonds is 3. The van der Waals surface area contributed by atoms with E-state index in [0.29, 0.717) is 10.0 Å². The number of hydrogen-bond donors (Lipinski definition) is 1. The fourth-order valence-electron chi connectivity index (χ4n) is 0.730. The van der Waals surface area contributed by atoms with Gasteiger partial charge in [-0.25, -0.2) is 0 Å². The first-order chi connectivity index (χ1) is 5.74. The summed E-state index contributed by atoms with van der Waals surface area (Å²) < 4.78 is 0. The maximum absolute atomic E-state index is 5.83. The Morgan fingerprint density at radius 3 is 2.58 bits per heavy atom. The number of benzene rings is 1. The zero-order chi connectivity index (χ0) is 8.97. The molecule has 0 nitrogen and oxygen atoms in total. The van der Waals surface area contributed by atoms with Crippen LogP contribution >= 0.6 is 47.6 Å². The van der Waals surface area contributed by atoms with Gasteiger partial charge in [-0.2, -0.15) is 12.6 Å². The summed E-state index contributed by atoms with van der Waals surface area (Å²) in [5.74, 6) is 1.85. The molecule has 0 N–H and O–H groups in total. The fourth-order valence-corrected chi connectivity index (χ4v) is 2.06. The molecule has 0 radical (unpaired) electrons. The summed E-state index contributed by atoms with van der Waals surface area (Å²) in [6, 6.07) is 5.64. The van der Waals surface area contributed by atoms with Crippen molar-refractivity contribution >= 4 is 47.6 Å². The summed E-state index contributed by atoms with van der Waals surface area (Å²) in [7, 11) is 0. The highest BCUT2D eigenvalue weighted by Gasteiger charge is 1.98. The summed E-state index contributed by atoms with van der Waals surface area (Å²) in [5.41, 5.74) is 0. The molecule has 0 aliphatic rings. The first kappa shape index (κ1) is 10.6. The molecule has 12 heavy (non-hydrogen) atoms. The maximum atomic E-state index is 5.83. The molecule has 0 amide bonds. The van der Waals surface area contributed by atoms with Crippen molar-refractivity contribution in [3.8, 4) is 0 Å². The molecule has 0 saturated heterocycles. The first-order valence-electron chi connectivity index (χ1n) is 3.43. The second-order valence-corrected chi connectivity index (χ2v) is 4.58. The SMILES string of the molecule is SCCSc1ccc(Cl)c(Cl)c1. The van der Waals surface area contributed by atoms with Gasteiger partial charge in [-0.15, -0.1) is 11.8 Å². The third-order valence-electron chi connectivity index (χ3n) is 1.25. The highest BCUT2D eigenvalue weighted by molar-refractivity contribution is 8.00. The molecule has 0 spiro atoms. The average Bonchev–Trinajstić information content (AvgIpc) is 2.07. The van der Waals surface area contributed by atoms with Crippen LogP contribution in [0.3, 0.4) is 0 Å². The Morgan fingerprint density at radius 1 is 1.25 bits per heavy atom. The molecule has 4 heteroatoms. The molecule has 0 bridgehead atoms. The fraction of sp³-hybridized carbons (Fsp3) is 0.250. The first-order valence-corrected chi connectivity index (χ1v) is 5.80. The summed E-state index contributed by atoms with van der Waals surface area (Å²) in [6.45, 7) is 0. The largest absolute Gasteiger partial charge is 0.178 e. The minimum absolute atomic E-state index is 0.604. The lowest BCUT2D eigenvalue weighted by Gasteiger charge is -2.00. The van der Waals surface area contributed by atoms with Crippen LogP contribution in [0.25, 0.3) is 0 Å². The molecule has 0 aliphatic carbocycles. The third-order valence-corrected chi connectivity index (χ3v) is 3.51. The Labute approximate surface area is 92.0 Å². The zero-order valence-electron chi connectivity index (χ0n) is 6.26. The Kier molecular flexibility index (Phi) is 4.65. The van der Waals surface area contributed by atoms with Crippen molar-refractivity contribution in [2.75, 3.05) is 11.5 Å². The summed E-state index contributed by atoms with van der Waals surface area (Å²) in [4.78, 5) is 1.14. The molecule has 1 rings (SSSR count). The number of thioether (sulfide) groups is 1. The molecule has 0 fully saturated rings. The molecule has 1 aromatic rings. The van der Waals surface area contributed by atoms with Crippen LogP contribution in [0.1, 0.15) is 0 Å². The lowest BCUT2D eigenvalue weighted by molar-refractivity contribution is 1.44. The van der Waals surface area contributed by atoms with E-state index < -0.39 is 0 Å². The van der Waals surface area contributed by atoms with Crippen LogP contribution in [0.2, 0.25) is 10.0 Å². The summed E-state index contributed by atoms with van der Waals surface area (Å²) in [6.07, 6.45) is 0. The van der Waals surface area contributed by atoms with Gasteiger partial charge in [0.25, 0.3) is 0 Å². The van der Waals surface area contributed by atoms with Crippen molar-refractivity contribution in [1.82, 2.24) is 0 Å². The van der Waals surface area contributed by atoms with E-state index >= 15 is 0 Å². The van der Waals surface area contributed by atoms with Crippen molar-refractivity contribution in [3.63, 3.8) is 0 Å². The van der Waals surface area contributed by atoms with Crippen molar-refractivity contribution in [2.24, 2.45) is 0 Å². The maximum Gasteiger partial charge on any atom is 0.0603 e. The number of halogens is 2. The Morgan fingerprint density at radius 2 is 2.00 bits per heavy atom. The predicted octanol–water partition coefficient (Wildman–Crippen LogP) is 4.02. The molecule has 0 aromatic heterocycles. The van der Waals surface area contributed by atoms with Gasteiger partial charge in [-0.05, 0) is 24.0 Å². The minimum atomic E-state index is 0.604. The molecule has 0 atom stereocenters. The quantitative estimate of drug-likeness (QED) is 0.614. The summed E-state index contributed by atoms with van der Waals surface area (Å²) >= 11 is 17.4. The van der Waals surface area contributed by atoms with Gasteiger partial charge in [0.2, 0.25) is 0 Å². The smallest absolute Gasteiger partial charge is 0.0603 e. The number of hydrogen-bond acceptors (Lipinski definition) is 2. The standard InChI is InChI=1S/C8H8Cl2S2/c9-7-2-1-6(5-8(7)10)12-4-3-11/h1-2,5,11H,3-4H2. The monoisotopic (exact) mass is 238 g/mol. The molecule has 0 aliphatic heterocycles. The van der Waals surface area contributed by atoms with E-state index in [9.17, 15) is 0 Å². The van der Waals surface area contributed by atoms with Gasteiger partial charge in [0, 0.05) is 10.6 Å². The van der Waals surface area contributed by atoms with E-state index in [1.165, 1.54) is 0 Å². The van der Waals surface area contributed by atoms with E-state index in [2.05, 4.69) is 12.6 Å². The van der Waals surface area contributed by atoms with Crippen LogP contribution < -0.4 is 0 Å². The lowest BCUT2D eigenvalue weighted by Crippen LogP contribution is -1.79. The second-order valence-electron chi connectivity index (χ2n) is 2.15. The van der Waals surface area contributed by atoms with Crippen LogP contribution in [-0.2, 0) is 0 Å². The molecular formula is C8H8Cl2S2. The highest BCUT2D eigenvalue weighted by Crippen LogP contribution is 2.27. The summed E-state index contributed by atoms with van der Waals surface area (Å²) in [5, 5.41) is 1.22. The predicted molar refractivity (Wildman–Crippen MR) is 61.0 cm³/mol. The van der Waals surface area contributed by atoms with Gasteiger partial charge in [-0.3, -0.25) is 0 Å². The number of thiol groups is 1. The molecule has 0 heterocycles. The Hall–Kier alpha value is 0.500. The van der Waals surface area contributed by atoms with Crippen LogP contribution in [0.4, 0.5) is 0 Å². The third kappa shape index (κ3) is 3.09. The molecule has 1 aromatic carbocycles. The lowest BCUT2D eigenvalue weighted by atomic mass is 10.4.